The van der Waals surface area contributed by atoms with Gasteiger partial charge in [0.2, 0.25) is 15.9 Å². The molecule has 1 N–H and O–H groups in total. The molecule has 3 aromatic rings. The lowest BCUT2D eigenvalue weighted by atomic mass is 10.1. The molecule has 1 aliphatic rings. The first-order valence-electron chi connectivity index (χ1n) is 11.2. The molecule has 0 saturated carbocycles. The fraction of sp³-hybridized carbons (Fsp3) is 0.231. The minimum atomic E-state index is -3.66. The van der Waals surface area contributed by atoms with Crippen LogP contribution in [0, 0.1) is 11.3 Å². The molecule has 8 nitrogen and oxygen atoms in total. The van der Waals surface area contributed by atoms with E-state index in [4.69, 9.17) is 9.68 Å². The normalized spacial score (nSPS) is 14.8. The molecular formula is C26H26N4O4S. The summed E-state index contributed by atoms with van der Waals surface area (Å²) in [5, 5.41) is 8.91. The summed E-state index contributed by atoms with van der Waals surface area (Å²) in [7, 11) is -3.66. The van der Waals surface area contributed by atoms with Crippen molar-refractivity contribution in [3.63, 3.8) is 0 Å². The summed E-state index contributed by atoms with van der Waals surface area (Å²) in [5.74, 6) is 0.460. The summed E-state index contributed by atoms with van der Waals surface area (Å²) < 4.78 is 32.5. The van der Waals surface area contributed by atoms with Gasteiger partial charge in [-0.25, -0.2) is 13.1 Å². The van der Waals surface area contributed by atoms with E-state index in [1.54, 1.807) is 30.3 Å². The third-order valence-corrected chi connectivity index (χ3v) is 7.22. The van der Waals surface area contributed by atoms with Gasteiger partial charge in [0.15, 0.2) is 0 Å². The predicted octanol–water partition coefficient (Wildman–Crippen LogP) is 2.99. The van der Waals surface area contributed by atoms with Crippen molar-refractivity contribution in [3.05, 3.63) is 95.5 Å². The Hall–Kier alpha value is -3.71. The number of benzene rings is 2. The average Bonchev–Trinajstić information content (AvgIpc) is 3.41. The molecule has 1 aliphatic heterocycles. The summed E-state index contributed by atoms with van der Waals surface area (Å²) >= 11 is 0. The SMILES string of the molecule is N#Cc1ccc(CN2CCN(C(=O)C=Cc3ccc(S(=O)(=O)NCc4ccco4)cc3)CC2)cc1. The smallest absolute Gasteiger partial charge is 0.246 e. The largest absolute Gasteiger partial charge is 0.468 e. The van der Waals surface area contributed by atoms with E-state index in [0.29, 0.717) is 24.4 Å². The van der Waals surface area contributed by atoms with Crippen LogP contribution in [0.4, 0.5) is 0 Å². The molecule has 2 heterocycles. The zero-order valence-electron chi connectivity index (χ0n) is 19.1. The maximum Gasteiger partial charge on any atom is 0.246 e. The number of amides is 1. The fourth-order valence-electron chi connectivity index (χ4n) is 3.76. The van der Waals surface area contributed by atoms with Gasteiger partial charge in [-0.15, -0.1) is 0 Å². The van der Waals surface area contributed by atoms with E-state index in [1.165, 1.54) is 24.5 Å². The first-order chi connectivity index (χ1) is 16.9. The number of piperazine rings is 1. The lowest BCUT2D eigenvalue weighted by Gasteiger charge is -2.34. The molecule has 0 unspecified atom stereocenters. The van der Waals surface area contributed by atoms with Crippen LogP contribution in [-0.4, -0.2) is 50.3 Å². The highest BCUT2D eigenvalue weighted by molar-refractivity contribution is 7.89. The van der Waals surface area contributed by atoms with Crippen molar-refractivity contribution in [1.82, 2.24) is 14.5 Å². The van der Waals surface area contributed by atoms with Gasteiger partial charge in [-0.05, 0) is 53.6 Å². The number of hydrogen-bond donors (Lipinski definition) is 1. The van der Waals surface area contributed by atoms with Gasteiger partial charge in [0, 0.05) is 38.8 Å². The minimum Gasteiger partial charge on any atom is -0.468 e. The Bertz CT molecular complexity index is 1300. The zero-order chi connectivity index (χ0) is 24.7. The van der Waals surface area contributed by atoms with Gasteiger partial charge in [0.05, 0.1) is 29.3 Å². The monoisotopic (exact) mass is 490 g/mol. The molecule has 4 rings (SSSR count). The van der Waals surface area contributed by atoms with Crippen molar-refractivity contribution in [2.45, 2.75) is 18.0 Å². The zero-order valence-corrected chi connectivity index (χ0v) is 19.9. The van der Waals surface area contributed by atoms with Crippen LogP contribution in [0.25, 0.3) is 6.08 Å². The highest BCUT2D eigenvalue weighted by Crippen LogP contribution is 2.14. The Balaban J connectivity index is 1.26. The number of carbonyl (C=O) groups is 1. The molecule has 2 aromatic carbocycles. The second-order valence-electron chi connectivity index (χ2n) is 8.22. The third-order valence-electron chi connectivity index (χ3n) is 5.80. The van der Waals surface area contributed by atoms with Crippen molar-refractivity contribution in [2.75, 3.05) is 26.2 Å². The van der Waals surface area contributed by atoms with Crippen LogP contribution in [0.15, 0.2) is 82.3 Å². The molecule has 0 atom stereocenters. The van der Waals surface area contributed by atoms with Crippen molar-refractivity contribution in [3.8, 4) is 6.07 Å². The van der Waals surface area contributed by atoms with E-state index in [-0.39, 0.29) is 17.3 Å². The summed E-state index contributed by atoms with van der Waals surface area (Å²) in [6.45, 7) is 3.69. The number of carbonyl (C=O) groups excluding carboxylic acids is 1. The van der Waals surface area contributed by atoms with Gasteiger partial charge in [-0.2, -0.15) is 5.26 Å². The summed E-state index contributed by atoms with van der Waals surface area (Å²) in [4.78, 5) is 16.8. The number of nitrogens with zero attached hydrogens (tertiary/aromatic N) is 3. The topological polar surface area (TPSA) is 107 Å². The van der Waals surface area contributed by atoms with Crippen LogP contribution >= 0.6 is 0 Å². The molecule has 0 radical (unpaired) electrons. The van der Waals surface area contributed by atoms with Crippen LogP contribution in [-0.2, 0) is 27.9 Å². The molecule has 1 fully saturated rings. The standard InChI is InChI=1S/C26H26N4O4S/c27-18-22-3-5-23(6-4-22)20-29-13-15-30(16-14-29)26(31)12-9-21-7-10-25(11-8-21)35(32,33)28-19-24-2-1-17-34-24/h1-12,17,28H,13-16,19-20H2. The van der Waals surface area contributed by atoms with Gasteiger partial charge >= 0.3 is 0 Å². The number of hydrogen-bond acceptors (Lipinski definition) is 6. The molecule has 1 amide bonds. The van der Waals surface area contributed by atoms with Crippen LogP contribution < -0.4 is 4.72 Å². The summed E-state index contributed by atoms with van der Waals surface area (Å²) in [6, 6.07) is 19.4. The number of nitrogens with one attached hydrogen (secondary N) is 1. The van der Waals surface area contributed by atoms with E-state index in [0.717, 1.165) is 30.8 Å². The number of rotatable bonds is 8. The molecule has 180 valence electrons. The Morgan fingerprint density at radius 3 is 2.37 bits per heavy atom. The lowest BCUT2D eigenvalue weighted by molar-refractivity contribution is -0.127. The molecule has 0 spiro atoms. The molecule has 0 bridgehead atoms. The first-order valence-corrected chi connectivity index (χ1v) is 12.7. The molecular weight excluding hydrogens is 464 g/mol. The van der Waals surface area contributed by atoms with Gasteiger partial charge in [0.1, 0.15) is 5.76 Å². The van der Waals surface area contributed by atoms with Crippen molar-refractivity contribution in [2.24, 2.45) is 0 Å². The van der Waals surface area contributed by atoms with Crippen LogP contribution in [0.3, 0.4) is 0 Å². The van der Waals surface area contributed by atoms with Crippen molar-refractivity contribution >= 4 is 22.0 Å². The Labute approximate surface area is 205 Å². The fourth-order valence-corrected chi connectivity index (χ4v) is 4.76. The van der Waals surface area contributed by atoms with Gasteiger partial charge < -0.3 is 9.32 Å². The quantitative estimate of drug-likeness (QED) is 0.487. The van der Waals surface area contributed by atoms with Crippen molar-refractivity contribution < 1.29 is 17.6 Å². The lowest BCUT2D eigenvalue weighted by Crippen LogP contribution is -2.47. The highest BCUT2D eigenvalue weighted by Gasteiger charge is 2.20. The average molecular weight is 491 g/mol. The second-order valence-corrected chi connectivity index (χ2v) is 9.98. The van der Waals surface area contributed by atoms with Crippen LogP contribution in [0.2, 0.25) is 0 Å². The molecule has 9 heteroatoms. The van der Waals surface area contributed by atoms with E-state index in [1.807, 2.05) is 29.2 Å². The highest BCUT2D eigenvalue weighted by atomic mass is 32.2. The maximum atomic E-state index is 12.6. The number of furan rings is 1. The molecule has 35 heavy (non-hydrogen) atoms. The second kappa shape index (κ2) is 11.1. The van der Waals surface area contributed by atoms with Gasteiger partial charge in [-0.1, -0.05) is 24.3 Å². The Kier molecular flexibility index (Phi) is 7.77. The van der Waals surface area contributed by atoms with E-state index in [2.05, 4.69) is 15.7 Å². The number of nitriles is 1. The van der Waals surface area contributed by atoms with Crippen LogP contribution in [0.5, 0.6) is 0 Å². The van der Waals surface area contributed by atoms with E-state index < -0.39 is 10.0 Å². The summed E-state index contributed by atoms with van der Waals surface area (Å²) in [5.41, 5.74) is 2.53. The number of sulfonamides is 1. The summed E-state index contributed by atoms with van der Waals surface area (Å²) in [6.07, 6.45) is 4.70. The van der Waals surface area contributed by atoms with Crippen LogP contribution in [0.1, 0.15) is 22.5 Å². The van der Waals surface area contributed by atoms with Gasteiger partial charge in [0.25, 0.3) is 0 Å². The minimum absolute atomic E-state index is 0.0696. The van der Waals surface area contributed by atoms with E-state index in [9.17, 15) is 13.2 Å². The molecule has 0 aliphatic carbocycles. The Morgan fingerprint density at radius 2 is 1.74 bits per heavy atom. The van der Waals surface area contributed by atoms with Gasteiger partial charge in [-0.3, -0.25) is 9.69 Å². The maximum absolute atomic E-state index is 12.6. The van der Waals surface area contributed by atoms with Crippen molar-refractivity contribution in [1.29, 1.82) is 5.26 Å². The van der Waals surface area contributed by atoms with E-state index >= 15 is 0 Å². The predicted molar refractivity (Wildman–Crippen MR) is 131 cm³/mol. The third kappa shape index (κ3) is 6.67. The molecule has 1 saturated heterocycles. The molecule has 1 aromatic heterocycles. The Morgan fingerprint density at radius 1 is 1.03 bits per heavy atom. The first kappa shape index (κ1) is 24.4.